The van der Waals surface area contributed by atoms with E-state index >= 15 is 0 Å². The van der Waals surface area contributed by atoms with Crippen LogP contribution in [0, 0.1) is 0 Å². The van der Waals surface area contributed by atoms with Crippen molar-refractivity contribution < 1.29 is 28.7 Å². The fourth-order valence-electron chi connectivity index (χ4n) is 4.05. The van der Waals surface area contributed by atoms with Crippen LogP contribution in [0.3, 0.4) is 0 Å². The number of carboxylic acid groups (broad SMARTS) is 1. The van der Waals surface area contributed by atoms with Crippen LogP contribution in [0.15, 0.2) is 53.5 Å². The minimum atomic E-state index is -1.72. The minimum Gasteiger partial charge on any atom is -0.496 e. The maximum Gasteiger partial charge on any atom is 0.334 e. The summed E-state index contributed by atoms with van der Waals surface area (Å²) in [7, 11) is 1.54. The van der Waals surface area contributed by atoms with Crippen molar-refractivity contribution >= 4 is 11.9 Å². The second-order valence-corrected chi connectivity index (χ2v) is 8.97. The van der Waals surface area contributed by atoms with Gasteiger partial charge >= 0.3 is 5.97 Å². The van der Waals surface area contributed by atoms with Crippen LogP contribution in [0.2, 0.25) is 0 Å². The molecular formula is C23H26N4O6. The van der Waals surface area contributed by atoms with Crippen molar-refractivity contribution in [2.24, 2.45) is 0 Å². The van der Waals surface area contributed by atoms with Crippen LogP contribution < -0.4 is 4.74 Å². The summed E-state index contributed by atoms with van der Waals surface area (Å²) in [5, 5.41) is 18.3. The summed E-state index contributed by atoms with van der Waals surface area (Å²) >= 11 is 0. The number of methoxy groups -OCH3 is 1. The molecule has 0 spiro atoms. The van der Waals surface area contributed by atoms with Gasteiger partial charge in [0.1, 0.15) is 17.7 Å². The van der Waals surface area contributed by atoms with E-state index < -0.39 is 23.6 Å². The summed E-state index contributed by atoms with van der Waals surface area (Å²) in [6.45, 7) is 5.78. The second kappa shape index (κ2) is 8.36. The number of aromatic nitrogens is 3. The lowest BCUT2D eigenvalue weighted by atomic mass is 9.85. The highest BCUT2D eigenvalue weighted by Gasteiger charge is 2.57. The number of carbonyl (C=O) groups is 2. The van der Waals surface area contributed by atoms with Gasteiger partial charge in [0.25, 0.3) is 5.91 Å². The lowest BCUT2D eigenvalue weighted by molar-refractivity contribution is -0.149. The van der Waals surface area contributed by atoms with Gasteiger partial charge in [0, 0.05) is 24.0 Å². The Hall–Kier alpha value is -3.66. The van der Waals surface area contributed by atoms with Gasteiger partial charge in [-0.15, -0.1) is 0 Å². The van der Waals surface area contributed by atoms with Crippen molar-refractivity contribution in [1.82, 2.24) is 19.8 Å². The predicted molar refractivity (Wildman–Crippen MR) is 116 cm³/mol. The molecule has 4 rings (SSSR count). The van der Waals surface area contributed by atoms with Crippen LogP contribution in [0.1, 0.15) is 48.6 Å². The molecule has 2 atom stereocenters. The molecule has 10 heteroatoms. The molecule has 1 N–H and O–H groups in total. The van der Waals surface area contributed by atoms with Gasteiger partial charge in [0.05, 0.1) is 20.3 Å². The Labute approximate surface area is 190 Å². The summed E-state index contributed by atoms with van der Waals surface area (Å²) < 4.78 is 17.8. The number of carbonyl (C=O) groups excluding carboxylic acids is 1. The number of amides is 1. The van der Waals surface area contributed by atoms with Gasteiger partial charge in [-0.05, 0) is 29.2 Å². The first-order valence-corrected chi connectivity index (χ1v) is 10.4. The lowest BCUT2D eigenvalue weighted by Gasteiger charge is -2.35. The molecule has 1 aliphatic heterocycles. The van der Waals surface area contributed by atoms with E-state index in [1.54, 1.807) is 36.7 Å². The molecule has 33 heavy (non-hydrogen) atoms. The molecule has 1 saturated heterocycles. The fourth-order valence-corrected chi connectivity index (χ4v) is 4.05. The monoisotopic (exact) mass is 454 g/mol. The van der Waals surface area contributed by atoms with Crippen LogP contribution in [0.25, 0.3) is 0 Å². The highest BCUT2D eigenvalue weighted by molar-refractivity contribution is 5.99. The van der Waals surface area contributed by atoms with Gasteiger partial charge in [-0.25, -0.2) is 4.79 Å². The topological polar surface area (TPSA) is 120 Å². The molecule has 2 aromatic heterocycles. The molecule has 1 amide bonds. The average Bonchev–Trinajstić information content (AvgIpc) is 3.53. The molecule has 1 aromatic carbocycles. The smallest absolute Gasteiger partial charge is 0.334 e. The van der Waals surface area contributed by atoms with Crippen molar-refractivity contribution in [1.29, 1.82) is 0 Å². The molecule has 3 aromatic rings. The van der Waals surface area contributed by atoms with Gasteiger partial charge in [0.2, 0.25) is 0 Å². The Morgan fingerprint density at radius 3 is 2.67 bits per heavy atom. The molecule has 1 aliphatic rings. The highest BCUT2D eigenvalue weighted by Crippen LogP contribution is 2.40. The first-order chi connectivity index (χ1) is 15.7. The van der Waals surface area contributed by atoms with E-state index in [4.69, 9.17) is 14.0 Å². The van der Waals surface area contributed by atoms with Gasteiger partial charge in [-0.2, -0.15) is 5.10 Å². The van der Waals surface area contributed by atoms with Crippen LogP contribution >= 0.6 is 0 Å². The minimum absolute atomic E-state index is 0.105. The SMILES string of the molecule is COc1cc(C(=O)N2C(c3ccon3)OCC2(Cn2cccn2)C(=O)O)ccc1C(C)(C)C. The van der Waals surface area contributed by atoms with Crippen LogP contribution in [0.4, 0.5) is 0 Å². The zero-order chi connectivity index (χ0) is 23.8. The number of aliphatic carboxylic acids is 1. The van der Waals surface area contributed by atoms with E-state index in [0.29, 0.717) is 11.4 Å². The standard InChI is InChI=1S/C23H26N4O6/c1-22(2,3)16-7-6-15(12-18(16)31-4)19(28)27-20(17-8-11-33-25-17)32-14-23(27,21(29)30)13-26-10-5-9-24-26/h5-12,20H,13-14H2,1-4H3,(H,29,30). The lowest BCUT2D eigenvalue weighted by Crippen LogP contribution is -2.58. The van der Waals surface area contributed by atoms with E-state index in [2.05, 4.69) is 10.3 Å². The third-order valence-corrected chi connectivity index (χ3v) is 5.74. The molecule has 0 aliphatic carbocycles. The highest BCUT2D eigenvalue weighted by atomic mass is 16.5. The number of hydrogen-bond donors (Lipinski definition) is 1. The first-order valence-electron chi connectivity index (χ1n) is 10.4. The Bertz CT molecular complexity index is 1140. The molecule has 174 valence electrons. The molecule has 2 unspecified atom stereocenters. The van der Waals surface area contributed by atoms with Gasteiger partial charge in [-0.1, -0.05) is 32.0 Å². The molecule has 0 radical (unpaired) electrons. The predicted octanol–water partition coefficient (Wildman–Crippen LogP) is 2.87. The Morgan fingerprint density at radius 2 is 2.09 bits per heavy atom. The normalized spacial score (nSPS) is 20.7. The zero-order valence-electron chi connectivity index (χ0n) is 18.9. The van der Waals surface area contributed by atoms with Crippen molar-refractivity contribution in [3.63, 3.8) is 0 Å². The molecule has 3 heterocycles. The summed E-state index contributed by atoms with van der Waals surface area (Å²) in [6, 6.07) is 8.35. The molecule has 0 bridgehead atoms. The third-order valence-electron chi connectivity index (χ3n) is 5.74. The summed E-state index contributed by atoms with van der Waals surface area (Å²) in [4.78, 5) is 27.7. The zero-order valence-corrected chi connectivity index (χ0v) is 18.9. The van der Waals surface area contributed by atoms with Crippen molar-refractivity contribution in [3.8, 4) is 5.75 Å². The number of benzene rings is 1. The quantitative estimate of drug-likeness (QED) is 0.604. The maximum atomic E-state index is 13.9. The van der Waals surface area contributed by atoms with Crippen LogP contribution in [-0.2, 0) is 21.5 Å². The van der Waals surface area contributed by atoms with E-state index in [0.717, 1.165) is 5.56 Å². The number of nitrogens with zero attached hydrogens (tertiary/aromatic N) is 4. The fraction of sp³-hybridized carbons (Fsp3) is 0.391. The first kappa shape index (κ1) is 22.5. The Morgan fingerprint density at radius 1 is 1.30 bits per heavy atom. The van der Waals surface area contributed by atoms with E-state index in [-0.39, 0.29) is 24.1 Å². The molecular weight excluding hydrogens is 428 g/mol. The molecule has 10 nitrogen and oxygen atoms in total. The average molecular weight is 454 g/mol. The van der Waals surface area contributed by atoms with Crippen molar-refractivity contribution in [2.45, 2.75) is 44.5 Å². The summed E-state index contributed by atoms with van der Waals surface area (Å²) in [5.41, 5.74) is -0.441. The molecule has 0 saturated carbocycles. The van der Waals surface area contributed by atoms with E-state index in [1.165, 1.54) is 23.0 Å². The second-order valence-electron chi connectivity index (χ2n) is 8.97. The summed E-state index contributed by atoms with van der Waals surface area (Å²) in [6.07, 6.45) is 3.48. The maximum absolute atomic E-state index is 13.9. The van der Waals surface area contributed by atoms with Crippen molar-refractivity contribution in [2.75, 3.05) is 13.7 Å². The third kappa shape index (κ3) is 3.97. The van der Waals surface area contributed by atoms with Gasteiger partial charge in [-0.3, -0.25) is 14.4 Å². The Kier molecular flexibility index (Phi) is 5.71. The van der Waals surface area contributed by atoms with Gasteiger partial charge < -0.3 is 19.1 Å². The van der Waals surface area contributed by atoms with E-state index in [9.17, 15) is 14.7 Å². The summed E-state index contributed by atoms with van der Waals surface area (Å²) in [5.74, 6) is -1.20. The Balaban J connectivity index is 1.82. The van der Waals surface area contributed by atoms with E-state index in [1.807, 2.05) is 26.8 Å². The largest absolute Gasteiger partial charge is 0.496 e. The number of ether oxygens (including phenoxy) is 2. The number of rotatable bonds is 6. The number of carboxylic acids is 1. The van der Waals surface area contributed by atoms with Crippen LogP contribution in [-0.4, -0.2) is 56.1 Å². The van der Waals surface area contributed by atoms with Gasteiger partial charge in [0.15, 0.2) is 11.8 Å². The number of hydrogen-bond acceptors (Lipinski definition) is 7. The van der Waals surface area contributed by atoms with Crippen LogP contribution in [0.5, 0.6) is 5.75 Å². The molecule has 1 fully saturated rings. The van der Waals surface area contributed by atoms with Crippen molar-refractivity contribution in [3.05, 3.63) is 65.8 Å².